The molecule has 0 radical (unpaired) electrons. The second-order valence-corrected chi connectivity index (χ2v) is 10.2. The normalized spacial score (nSPS) is 40.3. The summed E-state index contributed by atoms with van der Waals surface area (Å²) in [6.45, 7) is 3.64. The number of hydrogen-bond acceptors (Lipinski definition) is 6. The Morgan fingerprint density at radius 3 is 2.59 bits per heavy atom. The molecule has 2 bridgehead atoms. The van der Waals surface area contributed by atoms with Crippen molar-refractivity contribution in [3.8, 4) is 0 Å². The summed E-state index contributed by atoms with van der Waals surface area (Å²) in [5, 5.41) is 9.27. The smallest absolute Gasteiger partial charge is 0.332 e. The van der Waals surface area contributed by atoms with Crippen molar-refractivity contribution >= 4 is 18.0 Å². The zero-order valence-corrected chi connectivity index (χ0v) is 18.7. The molecule has 4 aliphatic rings. The third kappa shape index (κ3) is 3.48. The Morgan fingerprint density at radius 2 is 1.91 bits per heavy atom. The van der Waals surface area contributed by atoms with E-state index in [1.165, 1.54) is 6.08 Å². The van der Waals surface area contributed by atoms with Crippen LogP contribution in [0.15, 0.2) is 36.4 Å². The Hall–Kier alpha value is -2.18. The molecule has 7 atom stereocenters. The molecule has 2 heterocycles. The van der Waals surface area contributed by atoms with Crippen molar-refractivity contribution in [2.24, 2.45) is 23.7 Å². The summed E-state index contributed by atoms with van der Waals surface area (Å²) in [5.41, 5.74) is -0.311. The summed E-state index contributed by atoms with van der Waals surface area (Å²) in [6.07, 6.45) is 7.01. The maximum Gasteiger partial charge on any atom is 0.332 e. The lowest BCUT2D eigenvalue weighted by Crippen LogP contribution is -2.61. The lowest BCUT2D eigenvalue weighted by atomic mass is 9.71. The van der Waals surface area contributed by atoms with Crippen molar-refractivity contribution in [2.45, 2.75) is 69.4 Å². The number of aliphatic hydroxyl groups excluding tert-OH is 1. The van der Waals surface area contributed by atoms with Gasteiger partial charge in [-0.2, -0.15) is 0 Å². The fraction of sp³-hybridized carbons (Fsp3) is 0.615. The van der Waals surface area contributed by atoms with Crippen molar-refractivity contribution in [1.29, 1.82) is 0 Å². The molecule has 1 N–H and O–H groups in total. The van der Waals surface area contributed by atoms with Gasteiger partial charge in [0.05, 0.1) is 0 Å². The average Bonchev–Trinajstić information content (AvgIpc) is 3.52. The van der Waals surface area contributed by atoms with E-state index in [4.69, 9.17) is 14.2 Å². The third-order valence-electron chi connectivity index (χ3n) is 8.30. The molecule has 0 spiro atoms. The molecule has 1 aromatic carbocycles. The number of ether oxygens (including phenoxy) is 3. The molecule has 2 saturated heterocycles. The summed E-state index contributed by atoms with van der Waals surface area (Å²) in [4.78, 5) is 24.9. The molecule has 6 heteroatoms. The van der Waals surface area contributed by atoms with Crippen LogP contribution in [0.1, 0.15) is 51.5 Å². The van der Waals surface area contributed by atoms with Gasteiger partial charge in [0.1, 0.15) is 30.0 Å². The summed E-state index contributed by atoms with van der Waals surface area (Å²) < 4.78 is 18.8. The van der Waals surface area contributed by atoms with E-state index in [2.05, 4.69) is 13.8 Å². The molecule has 32 heavy (non-hydrogen) atoms. The van der Waals surface area contributed by atoms with Gasteiger partial charge in [-0.1, -0.05) is 37.3 Å². The van der Waals surface area contributed by atoms with E-state index in [1.807, 2.05) is 30.3 Å². The van der Waals surface area contributed by atoms with Crippen molar-refractivity contribution in [3.05, 3.63) is 42.0 Å². The molecule has 2 aliphatic carbocycles. The first-order valence-corrected chi connectivity index (χ1v) is 11.8. The van der Waals surface area contributed by atoms with Crippen molar-refractivity contribution in [2.75, 3.05) is 6.61 Å². The first kappa shape index (κ1) is 21.7. The van der Waals surface area contributed by atoms with Crippen LogP contribution in [0.3, 0.4) is 0 Å². The standard InChI is InChI=1S/C26H32O6/c1-16-8-12-19-23(16)24(31-21(28)13-9-17-6-4-3-5-7-17)26(18-10-11-18)14-20(25(19,2)32-26)30-22(29)15-27/h3-7,9,13,16,18-20,23-24,27H,8,10-12,14-15H2,1-2H3/b13-9+/t16-,19?,20?,23?,24+,25?,26?/m1/s1. The number of carbonyl (C=O) groups is 2. The van der Waals surface area contributed by atoms with Gasteiger partial charge in [-0.25, -0.2) is 9.59 Å². The van der Waals surface area contributed by atoms with Crippen LogP contribution in [-0.4, -0.2) is 47.1 Å². The number of rotatable bonds is 6. The van der Waals surface area contributed by atoms with Crippen LogP contribution < -0.4 is 0 Å². The van der Waals surface area contributed by atoms with Crippen molar-refractivity contribution in [3.63, 3.8) is 0 Å². The first-order valence-electron chi connectivity index (χ1n) is 11.8. The highest BCUT2D eigenvalue weighted by molar-refractivity contribution is 5.87. The Kier molecular flexibility index (Phi) is 5.41. The van der Waals surface area contributed by atoms with E-state index in [-0.39, 0.29) is 23.9 Å². The van der Waals surface area contributed by atoms with Gasteiger partial charge in [0, 0.05) is 18.4 Å². The molecule has 0 amide bonds. The Labute approximate surface area is 188 Å². The minimum Gasteiger partial charge on any atom is -0.457 e. The molecular formula is C26H32O6. The molecule has 0 aromatic heterocycles. The van der Waals surface area contributed by atoms with Gasteiger partial charge < -0.3 is 19.3 Å². The van der Waals surface area contributed by atoms with Gasteiger partial charge in [0.25, 0.3) is 0 Å². The molecule has 1 aromatic rings. The molecule has 2 aliphatic heterocycles. The molecule has 5 rings (SSSR count). The van der Waals surface area contributed by atoms with Crippen LogP contribution in [0.4, 0.5) is 0 Å². The van der Waals surface area contributed by atoms with E-state index in [1.54, 1.807) is 6.08 Å². The van der Waals surface area contributed by atoms with Gasteiger partial charge in [-0.3, -0.25) is 0 Å². The maximum atomic E-state index is 12.9. The molecule has 2 saturated carbocycles. The van der Waals surface area contributed by atoms with E-state index in [0.29, 0.717) is 18.3 Å². The van der Waals surface area contributed by atoms with E-state index in [9.17, 15) is 14.7 Å². The number of aliphatic hydroxyl groups is 1. The van der Waals surface area contributed by atoms with Crippen LogP contribution in [0.2, 0.25) is 0 Å². The van der Waals surface area contributed by atoms with Gasteiger partial charge in [-0.15, -0.1) is 0 Å². The predicted molar refractivity (Wildman–Crippen MR) is 117 cm³/mol. The highest BCUT2D eigenvalue weighted by Gasteiger charge is 2.74. The van der Waals surface area contributed by atoms with Gasteiger partial charge in [0.2, 0.25) is 0 Å². The van der Waals surface area contributed by atoms with Crippen LogP contribution in [0.5, 0.6) is 0 Å². The SMILES string of the molecule is C[C@@H]1CCC2C1[C@H](OC(=O)/C=C/c1ccccc1)C1(C3CC3)CC(OC(=O)CO)C2(C)O1. The van der Waals surface area contributed by atoms with Crippen LogP contribution >= 0.6 is 0 Å². The van der Waals surface area contributed by atoms with Crippen LogP contribution in [0, 0.1) is 23.7 Å². The Bertz CT molecular complexity index is 908. The first-order chi connectivity index (χ1) is 15.4. The molecule has 4 fully saturated rings. The second-order valence-electron chi connectivity index (χ2n) is 10.2. The summed E-state index contributed by atoms with van der Waals surface area (Å²) >= 11 is 0. The number of hydrogen-bond donors (Lipinski definition) is 1. The lowest BCUT2D eigenvalue weighted by molar-refractivity contribution is -0.259. The monoisotopic (exact) mass is 440 g/mol. The number of fused-ring (bicyclic) bond motifs is 4. The predicted octanol–water partition coefficient (Wildman–Crippen LogP) is 3.52. The molecule has 5 unspecified atom stereocenters. The molecular weight excluding hydrogens is 408 g/mol. The van der Waals surface area contributed by atoms with E-state index in [0.717, 1.165) is 31.2 Å². The minimum atomic E-state index is -0.643. The van der Waals surface area contributed by atoms with Crippen LogP contribution in [0.25, 0.3) is 6.08 Å². The van der Waals surface area contributed by atoms with Gasteiger partial charge in [0.15, 0.2) is 0 Å². The average molecular weight is 441 g/mol. The summed E-state index contributed by atoms with van der Waals surface area (Å²) in [5.74, 6) is 0.00867. The zero-order chi connectivity index (χ0) is 22.5. The van der Waals surface area contributed by atoms with Gasteiger partial charge in [-0.05, 0) is 62.0 Å². The fourth-order valence-corrected chi connectivity index (χ4v) is 6.71. The van der Waals surface area contributed by atoms with Crippen molar-refractivity contribution < 1.29 is 28.9 Å². The fourth-order valence-electron chi connectivity index (χ4n) is 6.71. The van der Waals surface area contributed by atoms with Gasteiger partial charge >= 0.3 is 11.9 Å². The molecule has 172 valence electrons. The highest BCUT2D eigenvalue weighted by atomic mass is 16.6. The summed E-state index contributed by atoms with van der Waals surface area (Å²) in [7, 11) is 0. The number of esters is 2. The minimum absolute atomic E-state index is 0.138. The number of carbonyl (C=O) groups excluding carboxylic acids is 2. The summed E-state index contributed by atoms with van der Waals surface area (Å²) in [6, 6.07) is 9.68. The highest BCUT2D eigenvalue weighted by Crippen LogP contribution is 2.66. The zero-order valence-electron chi connectivity index (χ0n) is 18.7. The third-order valence-corrected chi connectivity index (χ3v) is 8.30. The topological polar surface area (TPSA) is 82.1 Å². The number of benzene rings is 1. The van der Waals surface area contributed by atoms with Crippen LogP contribution in [-0.2, 0) is 23.8 Å². The van der Waals surface area contributed by atoms with E-state index >= 15 is 0 Å². The maximum absolute atomic E-state index is 12.9. The van der Waals surface area contributed by atoms with Crippen molar-refractivity contribution in [1.82, 2.24) is 0 Å². The second kappa shape index (κ2) is 7.99. The Morgan fingerprint density at radius 1 is 1.16 bits per heavy atom. The lowest BCUT2D eigenvalue weighted by Gasteiger charge is -2.51. The molecule has 6 nitrogen and oxygen atoms in total. The van der Waals surface area contributed by atoms with E-state index < -0.39 is 29.9 Å². The quantitative estimate of drug-likeness (QED) is 0.538. The Balaban J connectivity index is 1.45. The largest absolute Gasteiger partial charge is 0.457 e.